The molecule has 0 bridgehead atoms. The second-order valence-corrected chi connectivity index (χ2v) is 6.20. The minimum absolute atomic E-state index is 0.150. The SMILES string of the molecule is COC(=O)C(CC(C)C)NC1CCCc2cc(O)ccc21. The van der Waals surface area contributed by atoms with Crippen molar-refractivity contribution in [3.63, 3.8) is 0 Å². The summed E-state index contributed by atoms with van der Waals surface area (Å²) in [6.07, 6.45) is 3.80. The molecule has 1 aromatic carbocycles. The second kappa shape index (κ2) is 6.94. The maximum Gasteiger partial charge on any atom is 0.322 e. The van der Waals surface area contributed by atoms with Gasteiger partial charge in [-0.3, -0.25) is 10.1 Å². The third-order valence-corrected chi connectivity index (χ3v) is 4.04. The fraction of sp³-hybridized carbons (Fsp3) is 0.588. The number of phenols is 1. The number of carbonyl (C=O) groups excluding carboxylic acids is 1. The standard InChI is InChI=1S/C17H25NO3/c1-11(2)9-16(17(20)21-3)18-15-6-4-5-12-10-13(19)7-8-14(12)15/h7-8,10-11,15-16,18-19H,4-6,9H2,1-3H3. The fourth-order valence-corrected chi connectivity index (χ4v) is 3.06. The maximum absolute atomic E-state index is 12.0. The molecule has 0 fully saturated rings. The first-order valence-corrected chi connectivity index (χ1v) is 7.67. The van der Waals surface area contributed by atoms with Gasteiger partial charge in [0.15, 0.2) is 0 Å². The topological polar surface area (TPSA) is 58.6 Å². The van der Waals surface area contributed by atoms with Gasteiger partial charge in [-0.2, -0.15) is 0 Å². The van der Waals surface area contributed by atoms with Crippen LogP contribution in [-0.4, -0.2) is 24.2 Å². The minimum atomic E-state index is -0.278. The first-order valence-electron chi connectivity index (χ1n) is 7.67. The molecule has 116 valence electrons. The number of esters is 1. The van der Waals surface area contributed by atoms with E-state index in [-0.39, 0.29) is 18.1 Å². The third kappa shape index (κ3) is 3.97. The summed E-state index contributed by atoms with van der Waals surface area (Å²) < 4.78 is 4.92. The number of rotatable bonds is 5. The third-order valence-electron chi connectivity index (χ3n) is 4.04. The van der Waals surface area contributed by atoms with E-state index in [1.54, 1.807) is 6.07 Å². The average molecular weight is 291 g/mol. The summed E-state index contributed by atoms with van der Waals surface area (Å²) in [5, 5.41) is 13.1. The van der Waals surface area contributed by atoms with Crippen molar-refractivity contribution in [2.75, 3.05) is 7.11 Å². The Hall–Kier alpha value is -1.55. The average Bonchev–Trinajstić information content (AvgIpc) is 2.45. The predicted octanol–water partition coefficient (Wildman–Crippen LogP) is 2.95. The number of aromatic hydroxyl groups is 1. The van der Waals surface area contributed by atoms with Gasteiger partial charge >= 0.3 is 5.97 Å². The Morgan fingerprint density at radius 3 is 2.90 bits per heavy atom. The Bertz CT molecular complexity index is 499. The molecule has 0 saturated heterocycles. The first kappa shape index (κ1) is 15.8. The first-order chi connectivity index (χ1) is 10.0. The molecule has 0 amide bonds. The zero-order valence-corrected chi connectivity index (χ0v) is 13.1. The highest BCUT2D eigenvalue weighted by molar-refractivity contribution is 5.75. The van der Waals surface area contributed by atoms with Crippen LogP contribution in [-0.2, 0) is 16.0 Å². The van der Waals surface area contributed by atoms with Crippen molar-refractivity contribution in [1.29, 1.82) is 0 Å². The Balaban J connectivity index is 2.16. The Morgan fingerprint density at radius 2 is 2.24 bits per heavy atom. The maximum atomic E-state index is 12.0. The monoisotopic (exact) mass is 291 g/mol. The molecule has 4 heteroatoms. The van der Waals surface area contributed by atoms with Crippen molar-refractivity contribution >= 4 is 5.97 Å². The Kier molecular flexibility index (Phi) is 5.23. The molecule has 0 aromatic heterocycles. The van der Waals surface area contributed by atoms with E-state index >= 15 is 0 Å². The highest BCUT2D eigenvalue weighted by Crippen LogP contribution is 2.32. The van der Waals surface area contributed by atoms with Crippen molar-refractivity contribution < 1.29 is 14.6 Å². The number of hydrogen-bond donors (Lipinski definition) is 2. The van der Waals surface area contributed by atoms with Crippen LogP contribution < -0.4 is 5.32 Å². The molecular weight excluding hydrogens is 266 g/mol. The second-order valence-electron chi connectivity index (χ2n) is 6.20. The molecule has 2 unspecified atom stereocenters. The summed E-state index contributed by atoms with van der Waals surface area (Å²) in [6.45, 7) is 4.20. The summed E-state index contributed by atoms with van der Waals surface area (Å²) in [5.74, 6) is 0.528. The summed E-state index contributed by atoms with van der Waals surface area (Å²) in [4.78, 5) is 12.0. The van der Waals surface area contributed by atoms with Crippen LogP contribution in [0.5, 0.6) is 5.75 Å². The van der Waals surface area contributed by atoms with E-state index in [0.29, 0.717) is 11.7 Å². The van der Waals surface area contributed by atoms with Crippen molar-refractivity contribution in [1.82, 2.24) is 5.32 Å². The molecule has 1 aliphatic carbocycles. The smallest absolute Gasteiger partial charge is 0.322 e. The number of fused-ring (bicyclic) bond motifs is 1. The van der Waals surface area contributed by atoms with Crippen LogP contribution in [0, 0.1) is 5.92 Å². The lowest BCUT2D eigenvalue weighted by Crippen LogP contribution is -2.41. The van der Waals surface area contributed by atoms with Crippen molar-refractivity contribution in [3.05, 3.63) is 29.3 Å². The largest absolute Gasteiger partial charge is 0.508 e. The fourth-order valence-electron chi connectivity index (χ4n) is 3.06. The number of ether oxygens (including phenoxy) is 1. The number of nitrogens with one attached hydrogen (secondary N) is 1. The number of benzene rings is 1. The van der Waals surface area contributed by atoms with Gasteiger partial charge < -0.3 is 9.84 Å². The molecule has 0 spiro atoms. The summed E-state index contributed by atoms with van der Waals surface area (Å²) in [6, 6.07) is 5.38. The molecule has 4 nitrogen and oxygen atoms in total. The number of aryl methyl sites for hydroxylation is 1. The lowest BCUT2D eigenvalue weighted by atomic mass is 9.86. The van der Waals surface area contributed by atoms with E-state index < -0.39 is 0 Å². The van der Waals surface area contributed by atoms with Crippen molar-refractivity contribution in [3.8, 4) is 5.75 Å². The van der Waals surface area contributed by atoms with Crippen molar-refractivity contribution in [2.45, 2.75) is 51.6 Å². The van der Waals surface area contributed by atoms with E-state index in [2.05, 4.69) is 19.2 Å². The number of hydrogen-bond acceptors (Lipinski definition) is 4. The van der Waals surface area contributed by atoms with Crippen LogP contribution >= 0.6 is 0 Å². The molecule has 0 saturated carbocycles. The van der Waals surface area contributed by atoms with Gasteiger partial charge in [-0.25, -0.2) is 0 Å². The molecule has 2 rings (SSSR count). The van der Waals surface area contributed by atoms with Gasteiger partial charge in [-0.15, -0.1) is 0 Å². The molecule has 0 heterocycles. The van der Waals surface area contributed by atoms with Crippen molar-refractivity contribution in [2.24, 2.45) is 5.92 Å². The molecule has 1 aromatic rings. The Labute approximate surface area is 126 Å². The molecule has 2 N–H and O–H groups in total. The Morgan fingerprint density at radius 1 is 1.48 bits per heavy atom. The lowest BCUT2D eigenvalue weighted by Gasteiger charge is -2.30. The van der Waals surface area contributed by atoms with Gasteiger partial charge in [-0.05, 0) is 54.9 Å². The van der Waals surface area contributed by atoms with Gasteiger partial charge in [0.1, 0.15) is 11.8 Å². The highest BCUT2D eigenvalue weighted by atomic mass is 16.5. The summed E-state index contributed by atoms with van der Waals surface area (Å²) in [5.41, 5.74) is 2.36. The van der Waals surface area contributed by atoms with Crippen LogP contribution in [0.3, 0.4) is 0 Å². The van der Waals surface area contributed by atoms with Crippen LogP contribution in [0.25, 0.3) is 0 Å². The van der Waals surface area contributed by atoms with E-state index in [9.17, 15) is 9.90 Å². The normalized spacial score (nSPS) is 19.1. The molecule has 21 heavy (non-hydrogen) atoms. The highest BCUT2D eigenvalue weighted by Gasteiger charge is 2.27. The minimum Gasteiger partial charge on any atom is -0.508 e. The van der Waals surface area contributed by atoms with Gasteiger partial charge in [0.05, 0.1) is 7.11 Å². The zero-order valence-electron chi connectivity index (χ0n) is 13.1. The van der Waals surface area contributed by atoms with Crippen LogP contribution in [0.2, 0.25) is 0 Å². The number of methoxy groups -OCH3 is 1. The van der Waals surface area contributed by atoms with E-state index in [1.165, 1.54) is 18.2 Å². The van der Waals surface area contributed by atoms with Gasteiger partial charge in [0.2, 0.25) is 0 Å². The molecule has 0 radical (unpaired) electrons. The summed E-state index contributed by atoms with van der Waals surface area (Å²) in [7, 11) is 1.43. The number of phenolic OH excluding ortho intramolecular Hbond substituents is 1. The predicted molar refractivity (Wildman–Crippen MR) is 82.2 cm³/mol. The van der Waals surface area contributed by atoms with Crippen LogP contribution in [0.1, 0.15) is 50.3 Å². The van der Waals surface area contributed by atoms with E-state index in [0.717, 1.165) is 25.7 Å². The number of carbonyl (C=O) groups is 1. The van der Waals surface area contributed by atoms with Crippen LogP contribution in [0.15, 0.2) is 18.2 Å². The van der Waals surface area contributed by atoms with Gasteiger partial charge in [-0.1, -0.05) is 19.9 Å². The van der Waals surface area contributed by atoms with E-state index in [1.807, 2.05) is 12.1 Å². The van der Waals surface area contributed by atoms with Gasteiger partial charge in [0, 0.05) is 6.04 Å². The molecular formula is C17H25NO3. The quantitative estimate of drug-likeness (QED) is 0.819. The molecule has 1 aliphatic rings. The van der Waals surface area contributed by atoms with Crippen LogP contribution in [0.4, 0.5) is 0 Å². The lowest BCUT2D eigenvalue weighted by molar-refractivity contribution is -0.143. The summed E-state index contributed by atoms with van der Waals surface area (Å²) >= 11 is 0. The molecule has 0 aliphatic heterocycles. The van der Waals surface area contributed by atoms with Gasteiger partial charge in [0.25, 0.3) is 0 Å². The van der Waals surface area contributed by atoms with E-state index in [4.69, 9.17) is 4.74 Å². The molecule has 2 atom stereocenters. The zero-order chi connectivity index (χ0) is 15.4.